The third-order valence-corrected chi connectivity index (χ3v) is 8.27. The van der Waals surface area contributed by atoms with Crippen molar-refractivity contribution in [2.45, 2.75) is 76.3 Å². The fraction of sp³-hybridized carbons (Fsp3) is 0.708. The smallest absolute Gasteiger partial charge is 0.224 e. The Morgan fingerprint density at radius 3 is 2.30 bits per heavy atom. The van der Waals surface area contributed by atoms with E-state index in [-0.39, 0.29) is 0 Å². The van der Waals surface area contributed by atoms with Gasteiger partial charge in [-0.3, -0.25) is 4.68 Å². The first-order valence-electron chi connectivity index (χ1n) is 12.1. The zero-order valence-corrected chi connectivity index (χ0v) is 18.1. The second kappa shape index (κ2) is 7.54. The van der Waals surface area contributed by atoms with Crippen LogP contribution in [-0.4, -0.2) is 31.8 Å². The summed E-state index contributed by atoms with van der Waals surface area (Å²) in [5.41, 5.74) is 2.14. The Morgan fingerprint density at radius 2 is 1.63 bits per heavy atom. The summed E-state index contributed by atoms with van der Waals surface area (Å²) >= 11 is 0. The number of hydrogen-bond acceptors (Lipinski definition) is 5. The first-order valence-corrected chi connectivity index (χ1v) is 12.1. The van der Waals surface area contributed by atoms with Crippen LogP contribution in [0.4, 0.5) is 11.8 Å². The number of aryl methyl sites for hydroxylation is 1. The van der Waals surface area contributed by atoms with Crippen LogP contribution in [-0.2, 0) is 7.05 Å². The Morgan fingerprint density at radius 1 is 0.900 bits per heavy atom. The highest BCUT2D eigenvalue weighted by molar-refractivity contribution is 5.74. The molecule has 4 bridgehead atoms. The van der Waals surface area contributed by atoms with Gasteiger partial charge in [0.05, 0.1) is 6.20 Å². The molecule has 2 N–H and O–H groups in total. The zero-order chi connectivity index (χ0) is 20.1. The van der Waals surface area contributed by atoms with Crippen LogP contribution in [0.3, 0.4) is 0 Å². The van der Waals surface area contributed by atoms with Crippen molar-refractivity contribution in [2.75, 3.05) is 10.6 Å². The van der Waals surface area contributed by atoms with Crippen molar-refractivity contribution in [3.8, 4) is 11.1 Å². The minimum atomic E-state index is 0.512. The van der Waals surface area contributed by atoms with E-state index >= 15 is 0 Å². The molecular weight excluding hydrogens is 372 g/mol. The molecule has 30 heavy (non-hydrogen) atoms. The van der Waals surface area contributed by atoms with Crippen molar-refractivity contribution in [1.82, 2.24) is 19.7 Å². The second-order valence-corrected chi connectivity index (χ2v) is 10.4. The van der Waals surface area contributed by atoms with Crippen LogP contribution in [0.5, 0.6) is 0 Å². The predicted octanol–water partition coefficient (Wildman–Crippen LogP) is 4.86. The maximum absolute atomic E-state index is 5.03. The van der Waals surface area contributed by atoms with Crippen molar-refractivity contribution in [1.29, 1.82) is 0 Å². The Bertz CT molecular complexity index is 871. The summed E-state index contributed by atoms with van der Waals surface area (Å²) < 4.78 is 1.85. The van der Waals surface area contributed by atoms with E-state index < -0.39 is 0 Å². The van der Waals surface area contributed by atoms with Crippen molar-refractivity contribution < 1.29 is 0 Å². The molecule has 0 radical (unpaired) electrons. The van der Waals surface area contributed by atoms with Gasteiger partial charge < -0.3 is 10.6 Å². The molecule has 0 saturated heterocycles. The summed E-state index contributed by atoms with van der Waals surface area (Å²) in [6.07, 6.45) is 19.5. The zero-order valence-electron chi connectivity index (χ0n) is 18.1. The molecule has 0 aromatic carbocycles. The van der Waals surface area contributed by atoms with Gasteiger partial charge in [0.25, 0.3) is 0 Å². The van der Waals surface area contributed by atoms with Crippen LogP contribution >= 0.6 is 0 Å². The molecule has 0 amide bonds. The summed E-state index contributed by atoms with van der Waals surface area (Å²) in [5.74, 6) is 5.38. The monoisotopic (exact) mass is 406 g/mol. The van der Waals surface area contributed by atoms with Crippen LogP contribution in [0.1, 0.15) is 64.2 Å². The van der Waals surface area contributed by atoms with Gasteiger partial charge in [0.15, 0.2) is 0 Å². The molecule has 2 aromatic heterocycles. The van der Waals surface area contributed by atoms with Gasteiger partial charge in [0.2, 0.25) is 5.95 Å². The molecule has 6 heteroatoms. The van der Waals surface area contributed by atoms with Crippen LogP contribution in [0.15, 0.2) is 18.6 Å². The fourth-order valence-corrected chi connectivity index (χ4v) is 7.08. The van der Waals surface area contributed by atoms with Crippen LogP contribution in [0.2, 0.25) is 0 Å². The van der Waals surface area contributed by atoms with E-state index in [1.54, 1.807) is 0 Å². The summed E-state index contributed by atoms with van der Waals surface area (Å²) in [7, 11) is 1.96. The molecule has 0 aliphatic heterocycles. The summed E-state index contributed by atoms with van der Waals surface area (Å²) in [4.78, 5) is 9.80. The molecule has 5 saturated carbocycles. The average Bonchev–Trinajstić information content (AvgIpc) is 3.17. The number of rotatable bonds is 5. The van der Waals surface area contributed by atoms with Crippen LogP contribution in [0.25, 0.3) is 11.1 Å². The second-order valence-electron chi connectivity index (χ2n) is 10.4. The molecule has 5 fully saturated rings. The van der Waals surface area contributed by atoms with Gasteiger partial charge in [-0.15, -0.1) is 0 Å². The highest BCUT2D eigenvalue weighted by atomic mass is 15.2. The van der Waals surface area contributed by atoms with E-state index in [2.05, 4.69) is 21.9 Å². The van der Waals surface area contributed by atoms with Crippen LogP contribution in [0, 0.1) is 23.7 Å². The quantitative estimate of drug-likeness (QED) is 0.742. The van der Waals surface area contributed by atoms with E-state index in [1.807, 2.05) is 24.1 Å². The predicted molar refractivity (Wildman–Crippen MR) is 119 cm³/mol. The Kier molecular flexibility index (Phi) is 4.69. The summed E-state index contributed by atoms with van der Waals surface area (Å²) in [5, 5.41) is 11.9. The van der Waals surface area contributed by atoms with Crippen LogP contribution < -0.4 is 10.6 Å². The van der Waals surface area contributed by atoms with E-state index in [1.165, 1.54) is 64.2 Å². The van der Waals surface area contributed by atoms with Gasteiger partial charge >= 0.3 is 0 Å². The highest BCUT2D eigenvalue weighted by Crippen LogP contribution is 2.54. The lowest BCUT2D eigenvalue weighted by atomic mass is 9.54. The largest absolute Gasteiger partial charge is 0.367 e. The Hall–Kier alpha value is -2.11. The SMILES string of the molecule is Cn1cc(-c2cnc(NC3C4CC5CC(C4)CC3C5)nc2NC2CCCCC2)cn1. The lowest BCUT2D eigenvalue weighted by Crippen LogP contribution is -2.51. The fourth-order valence-electron chi connectivity index (χ4n) is 7.08. The standard InChI is InChI=1S/C24H34N6/c1-30-14-19(12-26-30)21-13-25-24(29-23(21)27-20-5-3-2-4-6-20)28-22-17-8-15-7-16(10-17)11-18(22)9-15/h12-18,20,22H,2-11H2,1H3,(H2,25,27,28,29). The Labute approximate surface area is 179 Å². The van der Waals surface area contributed by atoms with Gasteiger partial charge in [0.1, 0.15) is 5.82 Å². The molecule has 0 atom stereocenters. The Balaban J connectivity index is 1.27. The number of aromatic nitrogens is 4. The summed E-state index contributed by atoms with van der Waals surface area (Å²) in [6.45, 7) is 0. The van der Waals surface area contributed by atoms with Gasteiger partial charge in [-0.05, 0) is 68.6 Å². The third-order valence-electron chi connectivity index (χ3n) is 8.27. The van der Waals surface area contributed by atoms with Gasteiger partial charge in [0, 0.05) is 42.7 Å². The molecule has 2 aromatic rings. The maximum Gasteiger partial charge on any atom is 0.224 e. The molecule has 6 nitrogen and oxygen atoms in total. The highest BCUT2D eigenvalue weighted by Gasteiger charge is 2.48. The number of nitrogens with zero attached hydrogens (tertiary/aromatic N) is 4. The lowest BCUT2D eigenvalue weighted by molar-refractivity contribution is 0.00729. The van der Waals surface area contributed by atoms with Crippen molar-refractivity contribution >= 4 is 11.8 Å². The normalized spacial score (nSPS) is 33.0. The molecular formula is C24H34N6. The number of hydrogen-bond donors (Lipinski definition) is 2. The van der Waals surface area contributed by atoms with E-state index in [4.69, 9.17) is 9.97 Å². The molecule has 0 spiro atoms. The van der Waals surface area contributed by atoms with Gasteiger partial charge in [-0.25, -0.2) is 4.98 Å². The number of nitrogens with one attached hydrogen (secondary N) is 2. The minimum Gasteiger partial charge on any atom is -0.367 e. The van der Waals surface area contributed by atoms with E-state index in [0.717, 1.165) is 46.6 Å². The average molecular weight is 407 g/mol. The molecule has 5 aliphatic rings. The van der Waals surface area contributed by atoms with Crippen molar-refractivity contribution in [3.05, 3.63) is 18.6 Å². The van der Waals surface area contributed by atoms with Gasteiger partial charge in [-0.2, -0.15) is 10.1 Å². The molecule has 160 valence electrons. The molecule has 2 heterocycles. The number of anilines is 2. The lowest BCUT2D eigenvalue weighted by Gasteiger charge is -2.54. The first kappa shape index (κ1) is 18.6. The third kappa shape index (κ3) is 3.48. The molecule has 5 aliphatic carbocycles. The minimum absolute atomic E-state index is 0.512. The first-order chi connectivity index (χ1) is 14.7. The van der Waals surface area contributed by atoms with Crippen molar-refractivity contribution in [2.24, 2.45) is 30.7 Å². The van der Waals surface area contributed by atoms with Crippen molar-refractivity contribution in [3.63, 3.8) is 0 Å². The topological polar surface area (TPSA) is 67.7 Å². The molecule has 0 unspecified atom stereocenters. The van der Waals surface area contributed by atoms with Gasteiger partial charge in [-0.1, -0.05) is 19.3 Å². The summed E-state index contributed by atoms with van der Waals surface area (Å²) in [6, 6.07) is 1.07. The van der Waals surface area contributed by atoms with E-state index in [0.29, 0.717) is 12.1 Å². The van der Waals surface area contributed by atoms with E-state index in [9.17, 15) is 0 Å². The molecule has 7 rings (SSSR count). The maximum atomic E-state index is 5.03.